The van der Waals surface area contributed by atoms with Crippen molar-refractivity contribution in [3.8, 4) is 0 Å². The van der Waals surface area contributed by atoms with Gasteiger partial charge in [0.25, 0.3) is 0 Å². The number of hydrogen-bond acceptors (Lipinski definition) is 3. The van der Waals surface area contributed by atoms with Crippen LogP contribution in [0.5, 0.6) is 0 Å². The molecular formula is C15H19N3. The minimum Gasteiger partial charge on any atom is -0.362 e. The van der Waals surface area contributed by atoms with Crippen molar-refractivity contribution >= 4 is 10.9 Å². The minimum absolute atomic E-state index is 1.05. The topological polar surface area (TPSA) is 19.4 Å². The maximum Gasteiger partial charge on any atom is 0.0890 e. The second-order valence-corrected chi connectivity index (χ2v) is 4.30. The van der Waals surface area contributed by atoms with Gasteiger partial charge in [0.05, 0.1) is 12.2 Å². The van der Waals surface area contributed by atoms with Crippen LogP contribution in [0.3, 0.4) is 0 Å². The highest BCUT2D eigenvalue weighted by Gasteiger charge is 2.03. The third-order valence-corrected chi connectivity index (χ3v) is 2.86. The average Bonchev–Trinajstić information content (AvgIpc) is 2.86. The summed E-state index contributed by atoms with van der Waals surface area (Å²) in [4.78, 5) is 8.59. The van der Waals surface area contributed by atoms with Crippen LogP contribution in [0, 0.1) is 0 Å². The van der Waals surface area contributed by atoms with Gasteiger partial charge in [0.2, 0.25) is 0 Å². The van der Waals surface area contributed by atoms with Crippen LogP contribution in [-0.2, 0) is 0 Å². The van der Waals surface area contributed by atoms with E-state index in [0.717, 1.165) is 18.7 Å². The smallest absolute Gasteiger partial charge is 0.0890 e. The maximum absolute atomic E-state index is 4.18. The molecule has 2 aromatic rings. The lowest BCUT2D eigenvalue weighted by atomic mass is 10.2. The summed E-state index contributed by atoms with van der Waals surface area (Å²) in [5.41, 5.74) is 1.06. The second-order valence-electron chi connectivity index (χ2n) is 4.30. The second kappa shape index (κ2) is 6.05. The molecule has 0 amide bonds. The van der Waals surface area contributed by atoms with Gasteiger partial charge in [-0.2, -0.15) is 0 Å². The molecule has 3 heteroatoms. The zero-order valence-electron chi connectivity index (χ0n) is 11.0. The van der Waals surface area contributed by atoms with E-state index in [1.807, 2.05) is 30.5 Å². The highest BCUT2D eigenvalue weighted by molar-refractivity contribution is 5.77. The predicted octanol–water partition coefficient (Wildman–Crippen LogP) is 2.92. The molecule has 0 atom stereocenters. The summed E-state index contributed by atoms with van der Waals surface area (Å²) in [5.74, 6) is 0. The van der Waals surface area contributed by atoms with Crippen molar-refractivity contribution in [1.29, 1.82) is 0 Å². The van der Waals surface area contributed by atoms with Crippen molar-refractivity contribution in [1.82, 2.24) is 14.8 Å². The van der Waals surface area contributed by atoms with Gasteiger partial charge in [-0.15, -0.1) is 0 Å². The monoisotopic (exact) mass is 241 g/mol. The molecule has 1 aromatic carbocycles. The van der Waals surface area contributed by atoms with Crippen molar-refractivity contribution in [2.75, 3.05) is 20.3 Å². The van der Waals surface area contributed by atoms with E-state index in [0.29, 0.717) is 0 Å². The average molecular weight is 241 g/mol. The summed E-state index contributed by atoms with van der Waals surface area (Å²) < 4.78 is 0. The normalized spacial score (nSPS) is 13.7. The number of rotatable bonds is 1. The number of benzene rings is 1. The molecule has 1 aliphatic heterocycles. The molecule has 0 spiro atoms. The molecule has 1 aromatic heterocycles. The predicted molar refractivity (Wildman–Crippen MR) is 75.9 cm³/mol. The highest BCUT2D eigenvalue weighted by atomic mass is 15.3. The highest BCUT2D eigenvalue weighted by Crippen LogP contribution is 2.07. The summed E-state index contributed by atoms with van der Waals surface area (Å²) in [6, 6.07) is 12.1. The number of nitrogens with zero attached hydrogens (tertiary/aromatic N) is 3. The fraction of sp³-hybridized carbons (Fsp3) is 0.267. The van der Waals surface area contributed by atoms with E-state index in [9.17, 15) is 0 Å². The first-order valence-corrected chi connectivity index (χ1v) is 6.22. The fourth-order valence-corrected chi connectivity index (χ4v) is 1.81. The Balaban J connectivity index is 0.000000138. The van der Waals surface area contributed by atoms with Crippen molar-refractivity contribution in [2.45, 2.75) is 6.92 Å². The Hall–Kier alpha value is -2.03. The molecule has 0 radical (unpaired) electrons. The van der Waals surface area contributed by atoms with Crippen LogP contribution in [0.2, 0.25) is 0 Å². The molecule has 0 saturated heterocycles. The third kappa shape index (κ3) is 3.23. The van der Waals surface area contributed by atoms with Crippen molar-refractivity contribution in [3.05, 3.63) is 55.0 Å². The Morgan fingerprint density at radius 3 is 2.50 bits per heavy atom. The van der Waals surface area contributed by atoms with Gasteiger partial charge in [-0.3, -0.25) is 4.98 Å². The summed E-state index contributed by atoms with van der Waals surface area (Å²) >= 11 is 0. The SMILES string of the molecule is CCN1C=CN(C)C1.c1ccc2ncccc2c1. The summed E-state index contributed by atoms with van der Waals surface area (Å²) in [6.45, 7) is 4.32. The van der Waals surface area contributed by atoms with Gasteiger partial charge in [0.1, 0.15) is 0 Å². The molecular weight excluding hydrogens is 222 g/mol. The van der Waals surface area contributed by atoms with E-state index in [1.54, 1.807) is 0 Å². The number of para-hydroxylation sites is 1. The number of hydrogen-bond donors (Lipinski definition) is 0. The molecule has 2 heterocycles. The molecule has 0 fully saturated rings. The molecule has 0 unspecified atom stereocenters. The first-order valence-electron chi connectivity index (χ1n) is 6.22. The number of aromatic nitrogens is 1. The van der Waals surface area contributed by atoms with Crippen molar-refractivity contribution in [3.63, 3.8) is 0 Å². The van der Waals surface area contributed by atoms with Gasteiger partial charge >= 0.3 is 0 Å². The van der Waals surface area contributed by atoms with Crippen molar-refractivity contribution < 1.29 is 0 Å². The van der Waals surface area contributed by atoms with Crippen LogP contribution in [0.25, 0.3) is 10.9 Å². The number of fused-ring (bicyclic) bond motifs is 1. The molecule has 3 rings (SSSR count). The summed E-state index contributed by atoms with van der Waals surface area (Å²) in [6.07, 6.45) is 6.01. The first-order chi connectivity index (χ1) is 8.79. The first kappa shape index (κ1) is 12.4. The largest absolute Gasteiger partial charge is 0.362 e. The molecule has 1 aliphatic rings. The molecule has 94 valence electrons. The standard InChI is InChI=1S/C9H7N.C6H12N2/c1-2-6-9-8(4-1)5-3-7-10-9;1-3-8-5-4-7(2)6-8/h1-7H;4-5H,3,6H2,1-2H3. The van der Waals surface area contributed by atoms with Crippen LogP contribution in [0.1, 0.15) is 6.92 Å². The van der Waals surface area contributed by atoms with E-state index in [2.05, 4.69) is 53.3 Å². The van der Waals surface area contributed by atoms with Crippen LogP contribution in [0.15, 0.2) is 55.0 Å². The van der Waals surface area contributed by atoms with E-state index < -0.39 is 0 Å². The Bertz CT molecular complexity index is 456. The van der Waals surface area contributed by atoms with Crippen LogP contribution < -0.4 is 0 Å². The lowest BCUT2D eigenvalue weighted by molar-refractivity contribution is 0.308. The van der Waals surface area contributed by atoms with E-state index in [4.69, 9.17) is 0 Å². The van der Waals surface area contributed by atoms with Gasteiger partial charge in [-0.25, -0.2) is 0 Å². The Kier molecular flexibility index (Phi) is 4.18. The van der Waals surface area contributed by atoms with Crippen LogP contribution >= 0.6 is 0 Å². The Labute approximate surface area is 108 Å². The zero-order chi connectivity index (χ0) is 12.8. The van der Waals surface area contributed by atoms with Gasteiger partial charge in [-0.05, 0) is 19.1 Å². The Morgan fingerprint density at radius 2 is 1.89 bits per heavy atom. The molecule has 0 saturated carbocycles. The number of pyridine rings is 1. The molecule has 0 bridgehead atoms. The quantitative estimate of drug-likeness (QED) is 0.765. The fourth-order valence-electron chi connectivity index (χ4n) is 1.81. The minimum atomic E-state index is 1.05. The van der Waals surface area contributed by atoms with Crippen LogP contribution in [-0.4, -0.2) is 35.0 Å². The van der Waals surface area contributed by atoms with Crippen LogP contribution in [0.4, 0.5) is 0 Å². The van der Waals surface area contributed by atoms with Gasteiger partial charge in [-0.1, -0.05) is 24.3 Å². The molecule has 3 nitrogen and oxygen atoms in total. The van der Waals surface area contributed by atoms with Crippen molar-refractivity contribution in [2.24, 2.45) is 0 Å². The Morgan fingerprint density at radius 1 is 1.11 bits per heavy atom. The zero-order valence-corrected chi connectivity index (χ0v) is 11.0. The maximum atomic E-state index is 4.18. The van der Waals surface area contributed by atoms with E-state index >= 15 is 0 Å². The third-order valence-electron chi connectivity index (χ3n) is 2.86. The summed E-state index contributed by atoms with van der Waals surface area (Å²) in [7, 11) is 2.08. The van der Waals surface area contributed by atoms with E-state index in [-0.39, 0.29) is 0 Å². The van der Waals surface area contributed by atoms with E-state index in [1.165, 1.54) is 5.39 Å². The molecule has 18 heavy (non-hydrogen) atoms. The lowest BCUT2D eigenvalue weighted by Crippen LogP contribution is -2.21. The summed E-state index contributed by atoms with van der Waals surface area (Å²) in [5, 5.41) is 1.20. The van der Waals surface area contributed by atoms with Gasteiger partial charge in [0, 0.05) is 37.6 Å². The van der Waals surface area contributed by atoms with Gasteiger partial charge < -0.3 is 9.80 Å². The lowest BCUT2D eigenvalue weighted by Gasteiger charge is -2.14. The molecule has 0 N–H and O–H groups in total. The molecule has 0 aliphatic carbocycles. The van der Waals surface area contributed by atoms with Gasteiger partial charge in [0.15, 0.2) is 0 Å².